The van der Waals surface area contributed by atoms with Gasteiger partial charge in [-0.15, -0.1) is 0 Å². The van der Waals surface area contributed by atoms with E-state index < -0.39 is 0 Å². The van der Waals surface area contributed by atoms with Gasteiger partial charge in [0.1, 0.15) is 44.2 Å². The van der Waals surface area contributed by atoms with E-state index in [0.29, 0.717) is 30.2 Å². The number of hydrogen-bond donors (Lipinski definition) is 3. The van der Waals surface area contributed by atoms with Crippen LogP contribution in [-0.4, -0.2) is 50.2 Å². The molecule has 0 spiro atoms. The number of nitrogens with one attached hydrogen (secondary N) is 2. The monoisotopic (exact) mass is 410 g/mol. The van der Waals surface area contributed by atoms with E-state index >= 15 is 0 Å². The molecule has 2 heterocycles. The van der Waals surface area contributed by atoms with E-state index in [1.165, 1.54) is 4.90 Å². The van der Waals surface area contributed by atoms with Crippen LogP contribution in [0, 0.1) is 0 Å². The molecule has 0 atom stereocenters. The maximum absolute atomic E-state index is 13.0. The molecule has 1 fully saturated rings. The summed E-state index contributed by atoms with van der Waals surface area (Å²) in [5, 5.41) is 10.5. The van der Waals surface area contributed by atoms with Crippen LogP contribution in [0.15, 0.2) is 42.2 Å². The number of ether oxygens (including phenoxy) is 2. The van der Waals surface area contributed by atoms with Crippen molar-refractivity contribution in [3.05, 3.63) is 58.8 Å². The van der Waals surface area contributed by atoms with E-state index in [0.717, 1.165) is 43.9 Å². The van der Waals surface area contributed by atoms with Crippen LogP contribution in [0.4, 0.5) is 0 Å². The number of Topliss-reactive ketones (excluding diaryl/α,β-unsaturated/α-hetero) is 1. The summed E-state index contributed by atoms with van der Waals surface area (Å²) in [7, 11) is 0. The number of ketones is 1. The number of phenols is 1. The lowest BCUT2D eigenvalue weighted by molar-refractivity contribution is -1.02. The van der Waals surface area contributed by atoms with E-state index in [-0.39, 0.29) is 17.3 Å². The second-order valence-corrected chi connectivity index (χ2v) is 7.88. The van der Waals surface area contributed by atoms with E-state index in [9.17, 15) is 9.90 Å². The van der Waals surface area contributed by atoms with Crippen molar-refractivity contribution in [1.29, 1.82) is 0 Å². The van der Waals surface area contributed by atoms with Gasteiger partial charge in [0.15, 0.2) is 11.5 Å². The Kier molecular flexibility index (Phi) is 6.06. The van der Waals surface area contributed by atoms with Crippen LogP contribution >= 0.6 is 0 Å². The van der Waals surface area contributed by atoms with E-state index in [2.05, 4.69) is 6.92 Å². The lowest BCUT2D eigenvalue weighted by atomic mass is 10.0. The zero-order valence-electron chi connectivity index (χ0n) is 17.7. The molecule has 30 heavy (non-hydrogen) atoms. The van der Waals surface area contributed by atoms with Crippen LogP contribution in [-0.2, 0) is 6.54 Å². The summed E-state index contributed by atoms with van der Waals surface area (Å²) >= 11 is 0. The van der Waals surface area contributed by atoms with Gasteiger partial charge in [-0.25, -0.2) is 0 Å². The van der Waals surface area contributed by atoms with Crippen molar-refractivity contribution >= 4 is 11.9 Å². The second-order valence-electron chi connectivity index (χ2n) is 7.88. The number of benzene rings is 2. The third-order valence-electron chi connectivity index (χ3n) is 6.01. The zero-order valence-corrected chi connectivity index (χ0v) is 17.7. The van der Waals surface area contributed by atoms with Gasteiger partial charge >= 0.3 is 0 Å². The lowest BCUT2D eigenvalue weighted by Crippen LogP contribution is -3.27. The molecule has 1 saturated heterocycles. The van der Waals surface area contributed by atoms with Gasteiger partial charge in [-0.3, -0.25) is 4.79 Å². The van der Waals surface area contributed by atoms with Crippen LogP contribution < -0.4 is 19.3 Å². The minimum absolute atomic E-state index is 0.159. The first kappa shape index (κ1) is 20.4. The molecule has 3 N–H and O–H groups in total. The van der Waals surface area contributed by atoms with Crippen molar-refractivity contribution in [2.75, 3.05) is 39.3 Å². The van der Waals surface area contributed by atoms with E-state index in [1.807, 2.05) is 31.2 Å². The molecule has 0 amide bonds. The lowest BCUT2D eigenvalue weighted by Gasteiger charge is -2.29. The minimum Gasteiger partial charge on any atom is -0.507 e. The van der Waals surface area contributed by atoms with Crippen molar-refractivity contribution in [3.8, 4) is 17.2 Å². The summed E-state index contributed by atoms with van der Waals surface area (Å²) in [5.41, 5.74) is 2.03. The fourth-order valence-corrected chi connectivity index (χ4v) is 4.23. The van der Waals surface area contributed by atoms with E-state index in [4.69, 9.17) is 9.47 Å². The molecule has 2 aromatic rings. The molecule has 0 aromatic heterocycles. The van der Waals surface area contributed by atoms with Crippen molar-refractivity contribution in [1.82, 2.24) is 0 Å². The molecular formula is C24H30N2O4+2. The van der Waals surface area contributed by atoms with Gasteiger partial charge in [-0.05, 0) is 38.1 Å². The molecule has 2 aromatic carbocycles. The number of phenolic OH excluding ortho intramolecular Hbond substituents is 1. The van der Waals surface area contributed by atoms with Gasteiger partial charge < -0.3 is 24.4 Å². The van der Waals surface area contributed by atoms with Crippen molar-refractivity contribution in [2.45, 2.75) is 20.4 Å². The zero-order chi connectivity index (χ0) is 21.1. The predicted octanol–water partition coefficient (Wildman–Crippen LogP) is 0.710. The Hall–Kier alpha value is -2.83. The van der Waals surface area contributed by atoms with Gasteiger partial charge in [0.25, 0.3) is 0 Å². The quantitative estimate of drug-likeness (QED) is 0.614. The Balaban J connectivity index is 1.60. The molecule has 0 unspecified atom stereocenters. The number of aromatic hydroxyl groups is 1. The summed E-state index contributed by atoms with van der Waals surface area (Å²) in [6, 6.07) is 10.8. The predicted molar refractivity (Wildman–Crippen MR) is 114 cm³/mol. The van der Waals surface area contributed by atoms with Gasteiger partial charge in [0.2, 0.25) is 5.78 Å². The fraction of sp³-hybridized carbons (Fsp3) is 0.375. The Morgan fingerprint density at radius 1 is 1.07 bits per heavy atom. The molecule has 0 saturated carbocycles. The summed E-state index contributed by atoms with van der Waals surface area (Å²) in [6.07, 6.45) is 1.73. The summed E-state index contributed by atoms with van der Waals surface area (Å²) in [4.78, 5) is 16.0. The van der Waals surface area contributed by atoms with Gasteiger partial charge in [-0.2, -0.15) is 0 Å². The van der Waals surface area contributed by atoms with Crippen LogP contribution in [0.1, 0.15) is 35.3 Å². The maximum atomic E-state index is 13.0. The largest absolute Gasteiger partial charge is 0.507 e. The van der Waals surface area contributed by atoms with Gasteiger partial charge in [0.05, 0.1) is 24.3 Å². The molecular weight excluding hydrogens is 380 g/mol. The molecule has 6 heteroatoms. The number of hydrogen-bond acceptors (Lipinski definition) is 4. The number of quaternary nitrogens is 2. The minimum atomic E-state index is -0.159. The normalized spacial score (nSPS) is 22.1. The number of para-hydroxylation sites is 1. The van der Waals surface area contributed by atoms with Crippen molar-refractivity contribution in [3.63, 3.8) is 0 Å². The smallest absolute Gasteiger partial charge is 0.231 e. The number of carbonyl (C=O) groups excluding carboxylic acids is 1. The molecule has 2 aliphatic rings. The molecule has 0 bridgehead atoms. The number of carbonyl (C=O) groups is 1. The highest BCUT2D eigenvalue weighted by Gasteiger charge is 2.33. The highest BCUT2D eigenvalue weighted by Crippen LogP contribution is 2.39. The molecule has 2 aliphatic heterocycles. The summed E-state index contributed by atoms with van der Waals surface area (Å²) < 4.78 is 11.7. The average molecular weight is 411 g/mol. The summed E-state index contributed by atoms with van der Waals surface area (Å²) in [6.45, 7) is 10.8. The van der Waals surface area contributed by atoms with Crippen molar-refractivity contribution in [2.24, 2.45) is 0 Å². The third-order valence-corrected chi connectivity index (χ3v) is 6.01. The van der Waals surface area contributed by atoms with Crippen LogP contribution in [0.2, 0.25) is 0 Å². The Morgan fingerprint density at radius 3 is 2.53 bits per heavy atom. The highest BCUT2D eigenvalue weighted by atomic mass is 16.5. The number of fused-ring (bicyclic) bond motifs is 1. The number of piperazine rings is 1. The molecule has 0 radical (unpaired) electrons. The topological polar surface area (TPSA) is 64.6 Å². The second kappa shape index (κ2) is 8.90. The Labute approximate surface area is 177 Å². The molecule has 6 nitrogen and oxygen atoms in total. The van der Waals surface area contributed by atoms with Crippen LogP contribution in [0.5, 0.6) is 17.2 Å². The first-order chi connectivity index (χ1) is 14.6. The average Bonchev–Trinajstić information content (AvgIpc) is 3.08. The number of rotatable bonds is 6. The standard InChI is InChI=1S/C24H28N2O4/c1-3-25-11-13-26(14-12-25)16-19-20(27)10-9-18-23(28)22(30-24(18)19)15-17-7-5-6-8-21(17)29-4-2/h5-10,15,27H,3-4,11-14,16H2,1-2H3/p+2. The third kappa shape index (κ3) is 4.06. The molecule has 4 rings (SSSR count). The van der Waals surface area contributed by atoms with Gasteiger partial charge in [0, 0.05) is 5.56 Å². The molecule has 158 valence electrons. The SMILES string of the molecule is CCOc1ccccc1C=C1Oc2c(ccc(O)c2C[NH+]2CC[NH+](CC)CC2)C1=O. The number of likely N-dealkylation sites (N-methyl/N-ethyl adjacent to an activating group) is 1. The first-order valence-electron chi connectivity index (χ1n) is 10.8. The summed E-state index contributed by atoms with van der Waals surface area (Å²) in [5.74, 6) is 1.50. The Morgan fingerprint density at radius 2 is 1.80 bits per heavy atom. The van der Waals surface area contributed by atoms with E-state index in [1.54, 1.807) is 23.1 Å². The van der Waals surface area contributed by atoms with Crippen molar-refractivity contribution < 1.29 is 29.2 Å². The van der Waals surface area contributed by atoms with Gasteiger partial charge in [-0.1, -0.05) is 18.2 Å². The highest BCUT2D eigenvalue weighted by molar-refractivity contribution is 6.15. The van der Waals surface area contributed by atoms with Crippen LogP contribution in [0.3, 0.4) is 0 Å². The maximum Gasteiger partial charge on any atom is 0.231 e. The van der Waals surface area contributed by atoms with Crippen LogP contribution in [0.25, 0.3) is 6.08 Å². The first-order valence-corrected chi connectivity index (χ1v) is 10.8. The molecule has 0 aliphatic carbocycles. The fourth-order valence-electron chi connectivity index (χ4n) is 4.23. The number of allylic oxidation sites excluding steroid dienone is 1. The Bertz CT molecular complexity index is 962.